The number of nitrogens with zero attached hydrogens (tertiary/aromatic N) is 1. The number of hydrogen-bond acceptors (Lipinski definition) is 3. The number of piperidine rings is 1. The molecule has 0 aromatic rings. The van der Waals surface area contributed by atoms with Gasteiger partial charge in [-0.3, -0.25) is 0 Å². The van der Waals surface area contributed by atoms with E-state index >= 15 is 0 Å². The summed E-state index contributed by atoms with van der Waals surface area (Å²) in [4.78, 5) is 12.2. The maximum atomic E-state index is 10.7. The summed E-state index contributed by atoms with van der Waals surface area (Å²) >= 11 is 0. The molecule has 1 N–H and O–H groups in total. The molecule has 0 bridgehead atoms. The lowest BCUT2D eigenvalue weighted by atomic mass is 9.91. The Balaban J connectivity index is 1.60. The zero-order valence-corrected chi connectivity index (χ0v) is 10.4. The van der Waals surface area contributed by atoms with Crippen LogP contribution in [0.5, 0.6) is 0 Å². The predicted octanol–water partition coefficient (Wildman–Crippen LogP) is 1.33. The summed E-state index contributed by atoms with van der Waals surface area (Å²) < 4.78 is 11.3. The van der Waals surface area contributed by atoms with Crippen LogP contribution in [0.3, 0.4) is 0 Å². The first-order valence-corrected chi connectivity index (χ1v) is 6.37. The van der Waals surface area contributed by atoms with Crippen LogP contribution in [0.1, 0.15) is 25.7 Å². The highest BCUT2D eigenvalue weighted by Gasteiger charge is 2.33. The minimum Gasteiger partial charge on any atom is -0.465 e. The van der Waals surface area contributed by atoms with Gasteiger partial charge in [-0.1, -0.05) is 5.92 Å². The van der Waals surface area contributed by atoms with E-state index in [0.717, 1.165) is 25.7 Å². The largest absolute Gasteiger partial charge is 0.465 e. The number of ether oxygens (including phenoxy) is 2. The maximum absolute atomic E-state index is 10.7. The normalized spacial score (nSPS) is 28.5. The van der Waals surface area contributed by atoms with E-state index in [4.69, 9.17) is 21.0 Å². The monoisotopic (exact) mass is 253 g/mol. The topological polar surface area (TPSA) is 59.0 Å². The van der Waals surface area contributed by atoms with Crippen molar-refractivity contribution in [2.24, 2.45) is 0 Å². The molecular weight excluding hydrogens is 234 g/mol. The van der Waals surface area contributed by atoms with Crippen LogP contribution in [-0.4, -0.2) is 54.1 Å². The maximum Gasteiger partial charge on any atom is 0.407 e. The molecule has 2 rings (SSSR count). The number of terminal acetylenes is 1. The summed E-state index contributed by atoms with van der Waals surface area (Å²) in [5.74, 6) is 2.45. The summed E-state index contributed by atoms with van der Waals surface area (Å²) in [6, 6.07) is 0. The summed E-state index contributed by atoms with van der Waals surface area (Å²) in [6.45, 7) is 1.52. The number of hydrogen-bond donors (Lipinski definition) is 1. The molecule has 1 saturated carbocycles. The summed E-state index contributed by atoms with van der Waals surface area (Å²) in [7, 11) is 0. The standard InChI is InChI=1S/C13H19NO4/c1-2-7-17-11-8-12(9-11)18-10-3-5-14(6-4-10)13(15)16/h1,10-12H,3-9H2,(H,15,16). The molecule has 1 saturated heterocycles. The van der Waals surface area contributed by atoms with E-state index in [0.29, 0.717) is 19.7 Å². The van der Waals surface area contributed by atoms with E-state index in [9.17, 15) is 4.79 Å². The molecule has 2 aliphatic rings. The predicted molar refractivity (Wildman–Crippen MR) is 65.3 cm³/mol. The van der Waals surface area contributed by atoms with Gasteiger partial charge >= 0.3 is 6.09 Å². The summed E-state index contributed by atoms with van der Waals surface area (Å²) in [6.07, 6.45) is 8.37. The minimum absolute atomic E-state index is 0.194. The number of carboxylic acid groups (broad SMARTS) is 1. The number of carbonyl (C=O) groups is 1. The van der Waals surface area contributed by atoms with Gasteiger partial charge < -0.3 is 19.5 Å². The molecular formula is C13H19NO4. The van der Waals surface area contributed by atoms with Crippen molar-refractivity contribution in [2.45, 2.75) is 44.0 Å². The van der Waals surface area contributed by atoms with Gasteiger partial charge in [0.1, 0.15) is 6.61 Å². The second kappa shape index (κ2) is 6.07. The van der Waals surface area contributed by atoms with E-state index < -0.39 is 6.09 Å². The second-order valence-corrected chi connectivity index (χ2v) is 4.84. The van der Waals surface area contributed by atoms with Crippen LogP contribution in [0.2, 0.25) is 0 Å². The van der Waals surface area contributed by atoms with Gasteiger partial charge in [0.05, 0.1) is 18.3 Å². The number of rotatable bonds is 4. The lowest BCUT2D eigenvalue weighted by molar-refractivity contribution is -0.129. The molecule has 1 heterocycles. The van der Waals surface area contributed by atoms with Crippen LogP contribution >= 0.6 is 0 Å². The molecule has 5 heteroatoms. The lowest BCUT2D eigenvalue weighted by Crippen LogP contribution is -2.44. The SMILES string of the molecule is C#CCOC1CC(OC2CCN(C(=O)O)CC2)C1. The molecule has 0 unspecified atom stereocenters. The van der Waals surface area contributed by atoms with Gasteiger partial charge in [0.2, 0.25) is 0 Å². The molecule has 0 aromatic carbocycles. The molecule has 100 valence electrons. The quantitative estimate of drug-likeness (QED) is 0.768. The van der Waals surface area contributed by atoms with Gasteiger partial charge in [-0.25, -0.2) is 4.79 Å². The Morgan fingerprint density at radius 1 is 1.28 bits per heavy atom. The number of amides is 1. The molecule has 1 amide bonds. The zero-order valence-electron chi connectivity index (χ0n) is 10.4. The van der Waals surface area contributed by atoms with E-state index in [1.165, 1.54) is 4.90 Å². The van der Waals surface area contributed by atoms with Gasteiger partial charge in [-0.2, -0.15) is 0 Å². The molecule has 18 heavy (non-hydrogen) atoms. The third-order valence-electron chi connectivity index (χ3n) is 3.55. The first kappa shape index (κ1) is 13.2. The van der Waals surface area contributed by atoms with Crippen molar-refractivity contribution < 1.29 is 19.4 Å². The Labute approximate surface area is 107 Å². The van der Waals surface area contributed by atoms with Crippen LogP contribution in [0, 0.1) is 12.3 Å². The van der Waals surface area contributed by atoms with Gasteiger partial charge in [0, 0.05) is 25.9 Å². The van der Waals surface area contributed by atoms with E-state index in [-0.39, 0.29) is 18.3 Å². The Kier molecular flexibility index (Phi) is 4.45. The van der Waals surface area contributed by atoms with Crippen LogP contribution in [0.25, 0.3) is 0 Å². The van der Waals surface area contributed by atoms with Gasteiger partial charge in [0.15, 0.2) is 0 Å². The average molecular weight is 253 g/mol. The Morgan fingerprint density at radius 2 is 1.94 bits per heavy atom. The van der Waals surface area contributed by atoms with E-state index in [1.807, 2.05) is 0 Å². The van der Waals surface area contributed by atoms with Crippen LogP contribution in [0.15, 0.2) is 0 Å². The second-order valence-electron chi connectivity index (χ2n) is 4.84. The van der Waals surface area contributed by atoms with Crippen molar-refractivity contribution in [3.05, 3.63) is 0 Å². The van der Waals surface area contributed by atoms with Crippen molar-refractivity contribution >= 4 is 6.09 Å². The molecule has 5 nitrogen and oxygen atoms in total. The van der Waals surface area contributed by atoms with Crippen molar-refractivity contribution in [3.63, 3.8) is 0 Å². The number of likely N-dealkylation sites (tertiary alicyclic amines) is 1. The molecule has 0 radical (unpaired) electrons. The first-order valence-electron chi connectivity index (χ1n) is 6.37. The third kappa shape index (κ3) is 3.37. The molecule has 1 aliphatic carbocycles. The highest BCUT2D eigenvalue weighted by molar-refractivity contribution is 5.64. The van der Waals surface area contributed by atoms with Gasteiger partial charge in [0.25, 0.3) is 0 Å². The van der Waals surface area contributed by atoms with Gasteiger partial charge in [-0.15, -0.1) is 6.42 Å². The highest BCUT2D eigenvalue weighted by Crippen LogP contribution is 2.29. The van der Waals surface area contributed by atoms with E-state index in [2.05, 4.69) is 5.92 Å². The fourth-order valence-electron chi connectivity index (χ4n) is 2.39. The third-order valence-corrected chi connectivity index (χ3v) is 3.55. The Morgan fingerprint density at radius 3 is 2.50 bits per heavy atom. The van der Waals surface area contributed by atoms with Crippen molar-refractivity contribution in [3.8, 4) is 12.3 Å². The highest BCUT2D eigenvalue weighted by atomic mass is 16.5. The van der Waals surface area contributed by atoms with E-state index in [1.54, 1.807) is 0 Å². The van der Waals surface area contributed by atoms with Crippen LogP contribution in [0.4, 0.5) is 4.79 Å². The zero-order chi connectivity index (χ0) is 13.0. The van der Waals surface area contributed by atoms with Crippen LogP contribution < -0.4 is 0 Å². The molecule has 0 spiro atoms. The smallest absolute Gasteiger partial charge is 0.407 e. The lowest BCUT2D eigenvalue weighted by Gasteiger charge is -2.39. The molecule has 2 fully saturated rings. The molecule has 0 atom stereocenters. The van der Waals surface area contributed by atoms with Gasteiger partial charge in [-0.05, 0) is 12.8 Å². The van der Waals surface area contributed by atoms with Crippen LogP contribution in [-0.2, 0) is 9.47 Å². The van der Waals surface area contributed by atoms with Crippen molar-refractivity contribution in [1.29, 1.82) is 0 Å². The summed E-state index contributed by atoms with van der Waals surface area (Å²) in [5, 5.41) is 8.83. The fourth-order valence-corrected chi connectivity index (χ4v) is 2.39. The Hall–Kier alpha value is -1.25. The summed E-state index contributed by atoms with van der Waals surface area (Å²) in [5.41, 5.74) is 0. The minimum atomic E-state index is -0.833. The Bertz CT molecular complexity index is 324. The molecule has 0 aromatic heterocycles. The fraction of sp³-hybridized carbons (Fsp3) is 0.769. The first-order chi connectivity index (χ1) is 8.69. The average Bonchev–Trinajstić information content (AvgIpc) is 2.32. The molecule has 1 aliphatic heterocycles. The van der Waals surface area contributed by atoms with Crippen molar-refractivity contribution in [2.75, 3.05) is 19.7 Å². The van der Waals surface area contributed by atoms with Crippen molar-refractivity contribution in [1.82, 2.24) is 4.90 Å².